The first kappa shape index (κ1) is 13.7. The zero-order valence-corrected chi connectivity index (χ0v) is 11.6. The fourth-order valence-corrected chi connectivity index (χ4v) is 2.08. The lowest BCUT2D eigenvalue weighted by Crippen LogP contribution is -2.48. The molecule has 1 saturated heterocycles. The Morgan fingerprint density at radius 1 is 1.21 bits per heavy atom. The first-order chi connectivity index (χ1) is 9.19. The minimum Gasteiger partial charge on any atom is -0.353 e. The summed E-state index contributed by atoms with van der Waals surface area (Å²) in [5.41, 5.74) is 0.369. The summed E-state index contributed by atoms with van der Waals surface area (Å²) < 4.78 is 0. The second kappa shape index (κ2) is 6.45. The van der Waals surface area contributed by atoms with E-state index in [4.69, 9.17) is 5.26 Å². The van der Waals surface area contributed by atoms with Gasteiger partial charge in [0.2, 0.25) is 0 Å². The summed E-state index contributed by atoms with van der Waals surface area (Å²) in [5, 5.41) is 8.70. The monoisotopic (exact) mass is 260 g/mol. The van der Waals surface area contributed by atoms with Gasteiger partial charge in [-0.25, -0.2) is 9.97 Å². The topological polar surface area (TPSA) is 59.3 Å². The van der Waals surface area contributed by atoms with E-state index in [-0.39, 0.29) is 0 Å². The van der Waals surface area contributed by atoms with Crippen LogP contribution < -0.4 is 4.90 Å². The number of rotatable bonds is 4. The Morgan fingerprint density at radius 3 is 2.47 bits per heavy atom. The molecule has 1 aromatic rings. The van der Waals surface area contributed by atoms with Gasteiger partial charge in [0.05, 0.1) is 12.4 Å². The SMILES string of the molecule is CN(C)CCN1CCN(c2cnc(C#N)cn2)CC1. The molecule has 19 heavy (non-hydrogen) atoms. The Kier molecular flexibility index (Phi) is 4.66. The normalized spacial score (nSPS) is 16.6. The summed E-state index contributed by atoms with van der Waals surface area (Å²) in [4.78, 5) is 15.2. The van der Waals surface area contributed by atoms with E-state index < -0.39 is 0 Å². The third-order valence-electron chi connectivity index (χ3n) is 3.31. The predicted octanol–water partition coefficient (Wildman–Crippen LogP) is 0.0319. The summed E-state index contributed by atoms with van der Waals surface area (Å²) in [6, 6.07) is 1.99. The zero-order chi connectivity index (χ0) is 13.7. The lowest BCUT2D eigenvalue weighted by atomic mass is 10.3. The van der Waals surface area contributed by atoms with Crippen LogP contribution in [0.4, 0.5) is 5.82 Å². The first-order valence-corrected chi connectivity index (χ1v) is 6.53. The number of nitriles is 1. The highest BCUT2D eigenvalue weighted by molar-refractivity contribution is 5.37. The van der Waals surface area contributed by atoms with Gasteiger partial charge in [-0.2, -0.15) is 5.26 Å². The van der Waals surface area contributed by atoms with Crippen LogP contribution in [0.1, 0.15) is 5.69 Å². The van der Waals surface area contributed by atoms with Crippen molar-refractivity contribution in [3.63, 3.8) is 0 Å². The van der Waals surface area contributed by atoms with Crippen molar-refractivity contribution in [1.29, 1.82) is 5.26 Å². The molecule has 1 aliphatic rings. The third-order valence-corrected chi connectivity index (χ3v) is 3.31. The molecule has 1 fully saturated rings. The van der Waals surface area contributed by atoms with Crippen molar-refractivity contribution >= 4 is 5.82 Å². The molecule has 0 radical (unpaired) electrons. The second-order valence-electron chi connectivity index (χ2n) is 5.00. The maximum Gasteiger partial charge on any atom is 0.158 e. The number of hydrogen-bond acceptors (Lipinski definition) is 6. The average molecular weight is 260 g/mol. The van der Waals surface area contributed by atoms with Crippen LogP contribution in [0.5, 0.6) is 0 Å². The highest BCUT2D eigenvalue weighted by Gasteiger charge is 2.17. The van der Waals surface area contributed by atoms with Crippen LogP contribution in [-0.4, -0.2) is 73.1 Å². The van der Waals surface area contributed by atoms with Crippen LogP contribution in [0, 0.1) is 11.3 Å². The van der Waals surface area contributed by atoms with Gasteiger partial charge in [0.1, 0.15) is 11.9 Å². The molecule has 0 N–H and O–H groups in total. The molecule has 1 aliphatic heterocycles. The van der Waals surface area contributed by atoms with Crippen LogP contribution in [0.2, 0.25) is 0 Å². The molecule has 6 nitrogen and oxygen atoms in total. The standard InChI is InChI=1S/C13H20N6/c1-17(2)3-4-18-5-7-19(8-6-18)13-11-15-12(9-14)10-16-13/h10-11H,3-8H2,1-2H3. The predicted molar refractivity (Wildman–Crippen MR) is 74.0 cm³/mol. The molecule has 2 heterocycles. The van der Waals surface area contributed by atoms with Crippen molar-refractivity contribution in [2.75, 3.05) is 58.3 Å². The summed E-state index contributed by atoms with van der Waals surface area (Å²) in [5.74, 6) is 0.867. The average Bonchev–Trinajstić information content (AvgIpc) is 2.46. The number of likely N-dealkylation sites (N-methyl/N-ethyl adjacent to an activating group) is 1. The Morgan fingerprint density at radius 2 is 1.95 bits per heavy atom. The minimum atomic E-state index is 0.369. The fourth-order valence-electron chi connectivity index (χ4n) is 2.08. The van der Waals surface area contributed by atoms with Gasteiger partial charge >= 0.3 is 0 Å². The lowest BCUT2D eigenvalue weighted by Gasteiger charge is -2.35. The molecule has 0 aliphatic carbocycles. The Bertz CT molecular complexity index is 427. The van der Waals surface area contributed by atoms with E-state index in [2.05, 4.69) is 38.8 Å². The molecular formula is C13H20N6. The van der Waals surface area contributed by atoms with Crippen LogP contribution in [0.3, 0.4) is 0 Å². The number of anilines is 1. The van der Waals surface area contributed by atoms with Gasteiger partial charge in [-0.05, 0) is 14.1 Å². The van der Waals surface area contributed by atoms with Crippen molar-refractivity contribution in [1.82, 2.24) is 19.8 Å². The van der Waals surface area contributed by atoms with Crippen LogP contribution in [-0.2, 0) is 0 Å². The summed E-state index contributed by atoms with van der Waals surface area (Å²) in [6.45, 7) is 6.24. The maximum atomic E-state index is 8.70. The molecule has 0 atom stereocenters. The molecule has 0 amide bonds. The molecule has 0 unspecified atom stereocenters. The van der Waals surface area contributed by atoms with Crippen molar-refractivity contribution in [3.8, 4) is 6.07 Å². The number of piperazine rings is 1. The summed E-state index contributed by atoms with van der Waals surface area (Å²) in [7, 11) is 4.20. The van der Waals surface area contributed by atoms with Crippen molar-refractivity contribution in [2.45, 2.75) is 0 Å². The molecule has 0 saturated carbocycles. The zero-order valence-electron chi connectivity index (χ0n) is 11.6. The quantitative estimate of drug-likeness (QED) is 0.761. The van der Waals surface area contributed by atoms with E-state index in [1.807, 2.05) is 6.07 Å². The fraction of sp³-hybridized carbons (Fsp3) is 0.615. The lowest BCUT2D eigenvalue weighted by molar-refractivity contribution is 0.229. The maximum absolute atomic E-state index is 8.70. The van der Waals surface area contributed by atoms with Gasteiger partial charge < -0.3 is 9.80 Å². The van der Waals surface area contributed by atoms with Gasteiger partial charge in [-0.1, -0.05) is 0 Å². The second-order valence-corrected chi connectivity index (χ2v) is 5.00. The summed E-state index contributed by atoms with van der Waals surface area (Å²) in [6.07, 6.45) is 3.22. The van der Waals surface area contributed by atoms with E-state index in [0.717, 1.165) is 45.1 Å². The van der Waals surface area contributed by atoms with Crippen molar-refractivity contribution in [3.05, 3.63) is 18.1 Å². The van der Waals surface area contributed by atoms with Crippen molar-refractivity contribution in [2.24, 2.45) is 0 Å². The van der Waals surface area contributed by atoms with Crippen molar-refractivity contribution < 1.29 is 0 Å². The van der Waals surface area contributed by atoms with E-state index in [1.54, 1.807) is 6.20 Å². The largest absolute Gasteiger partial charge is 0.353 e. The molecule has 102 valence electrons. The molecule has 2 rings (SSSR count). The van der Waals surface area contributed by atoms with Gasteiger partial charge in [-0.15, -0.1) is 0 Å². The Balaban J connectivity index is 1.84. The van der Waals surface area contributed by atoms with Gasteiger partial charge in [0.25, 0.3) is 0 Å². The minimum absolute atomic E-state index is 0.369. The van der Waals surface area contributed by atoms with Gasteiger partial charge in [0.15, 0.2) is 5.69 Å². The smallest absolute Gasteiger partial charge is 0.158 e. The van der Waals surface area contributed by atoms with E-state index >= 15 is 0 Å². The Labute approximate surface area is 114 Å². The molecule has 0 aromatic carbocycles. The Hall–Kier alpha value is -1.71. The van der Waals surface area contributed by atoms with E-state index in [1.165, 1.54) is 6.20 Å². The first-order valence-electron chi connectivity index (χ1n) is 6.53. The molecule has 0 spiro atoms. The van der Waals surface area contributed by atoms with Crippen LogP contribution in [0.25, 0.3) is 0 Å². The highest BCUT2D eigenvalue weighted by atomic mass is 15.3. The van der Waals surface area contributed by atoms with E-state index in [9.17, 15) is 0 Å². The molecule has 1 aromatic heterocycles. The summed E-state index contributed by atoms with van der Waals surface area (Å²) >= 11 is 0. The third kappa shape index (κ3) is 3.88. The van der Waals surface area contributed by atoms with Gasteiger partial charge in [0, 0.05) is 39.3 Å². The van der Waals surface area contributed by atoms with E-state index in [0.29, 0.717) is 5.69 Å². The van der Waals surface area contributed by atoms with Crippen LogP contribution in [0.15, 0.2) is 12.4 Å². The number of nitrogens with zero attached hydrogens (tertiary/aromatic N) is 6. The highest BCUT2D eigenvalue weighted by Crippen LogP contribution is 2.12. The molecule has 0 bridgehead atoms. The number of aromatic nitrogens is 2. The molecule has 6 heteroatoms. The van der Waals surface area contributed by atoms with Gasteiger partial charge in [-0.3, -0.25) is 4.90 Å². The number of hydrogen-bond donors (Lipinski definition) is 0. The molecular weight excluding hydrogens is 240 g/mol. The van der Waals surface area contributed by atoms with Crippen LogP contribution >= 0.6 is 0 Å².